The Bertz CT molecular complexity index is 324. The molecule has 1 atom stereocenters. The van der Waals surface area contributed by atoms with Gasteiger partial charge in [0.15, 0.2) is 0 Å². The van der Waals surface area contributed by atoms with Crippen LogP contribution in [0.1, 0.15) is 25.8 Å². The minimum Gasteiger partial charge on any atom is -0.207 e. The SMILES string of the molecule is C=C[C@](C)(CC)c1cc(F)cc(F)c1. The number of benzene rings is 1. The molecule has 0 aliphatic carbocycles. The fourth-order valence-electron chi connectivity index (χ4n) is 1.35. The molecular formula is C12H14F2. The highest BCUT2D eigenvalue weighted by atomic mass is 19.1. The Kier molecular flexibility index (Phi) is 3.04. The van der Waals surface area contributed by atoms with Crippen molar-refractivity contribution < 1.29 is 8.78 Å². The molecule has 1 rings (SSSR count). The number of allylic oxidation sites excluding steroid dienone is 1. The first kappa shape index (κ1) is 10.9. The van der Waals surface area contributed by atoms with Crippen molar-refractivity contribution in [1.82, 2.24) is 0 Å². The van der Waals surface area contributed by atoms with E-state index < -0.39 is 11.6 Å². The summed E-state index contributed by atoms with van der Waals surface area (Å²) >= 11 is 0. The van der Waals surface area contributed by atoms with E-state index in [1.54, 1.807) is 6.08 Å². The van der Waals surface area contributed by atoms with Gasteiger partial charge in [0.25, 0.3) is 0 Å². The molecule has 0 aliphatic heterocycles. The number of hydrogen-bond donors (Lipinski definition) is 0. The zero-order valence-electron chi connectivity index (χ0n) is 8.48. The predicted octanol–water partition coefficient (Wildman–Crippen LogP) is 3.82. The van der Waals surface area contributed by atoms with Gasteiger partial charge in [-0.2, -0.15) is 0 Å². The van der Waals surface area contributed by atoms with Crippen LogP contribution in [0.15, 0.2) is 30.9 Å². The Morgan fingerprint density at radius 3 is 2.14 bits per heavy atom. The van der Waals surface area contributed by atoms with Crippen LogP contribution in [0.25, 0.3) is 0 Å². The highest BCUT2D eigenvalue weighted by Crippen LogP contribution is 2.29. The lowest BCUT2D eigenvalue weighted by atomic mass is 9.80. The third kappa shape index (κ3) is 2.00. The van der Waals surface area contributed by atoms with Gasteiger partial charge < -0.3 is 0 Å². The number of halogens is 2. The van der Waals surface area contributed by atoms with E-state index in [0.717, 1.165) is 12.5 Å². The fraction of sp³-hybridized carbons (Fsp3) is 0.333. The molecule has 0 radical (unpaired) electrons. The van der Waals surface area contributed by atoms with Crippen molar-refractivity contribution in [1.29, 1.82) is 0 Å². The summed E-state index contributed by atoms with van der Waals surface area (Å²) in [4.78, 5) is 0. The van der Waals surface area contributed by atoms with Gasteiger partial charge >= 0.3 is 0 Å². The van der Waals surface area contributed by atoms with Crippen LogP contribution in [0, 0.1) is 11.6 Å². The molecule has 0 aromatic heterocycles. The lowest BCUT2D eigenvalue weighted by Gasteiger charge is -2.24. The second-order valence-corrected chi connectivity index (χ2v) is 3.63. The van der Waals surface area contributed by atoms with Crippen molar-refractivity contribution in [2.75, 3.05) is 0 Å². The highest BCUT2D eigenvalue weighted by Gasteiger charge is 2.21. The molecule has 1 aromatic carbocycles. The Labute approximate surface area is 83.3 Å². The first-order chi connectivity index (χ1) is 6.51. The lowest BCUT2D eigenvalue weighted by Crippen LogP contribution is -2.17. The standard InChI is InChI=1S/C12H14F2/c1-4-12(3,5-2)9-6-10(13)8-11(14)7-9/h4,6-8H,1,5H2,2-3H3/t12-/m1/s1. The fourth-order valence-corrected chi connectivity index (χ4v) is 1.35. The third-order valence-electron chi connectivity index (χ3n) is 2.71. The Morgan fingerprint density at radius 2 is 1.79 bits per heavy atom. The van der Waals surface area contributed by atoms with E-state index in [9.17, 15) is 8.78 Å². The summed E-state index contributed by atoms with van der Waals surface area (Å²) in [7, 11) is 0. The van der Waals surface area contributed by atoms with E-state index in [1.807, 2.05) is 13.8 Å². The predicted molar refractivity (Wildman–Crippen MR) is 54.2 cm³/mol. The molecule has 0 nitrogen and oxygen atoms in total. The Morgan fingerprint density at radius 1 is 1.29 bits per heavy atom. The number of rotatable bonds is 3. The average Bonchev–Trinajstić information content (AvgIpc) is 2.15. The van der Waals surface area contributed by atoms with Crippen LogP contribution in [0.2, 0.25) is 0 Å². The maximum atomic E-state index is 13.0. The maximum Gasteiger partial charge on any atom is 0.126 e. The summed E-state index contributed by atoms with van der Waals surface area (Å²) in [6.45, 7) is 7.57. The molecule has 0 spiro atoms. The number of hydrogen-bond acceptors (Lipinski definition) is 0. The van der Waals surface area contributed by atoms with Gasteiger partial charge in [0, 0.05) is 11.5 Å². The van der Waals surface area contributed by atoms with Crippen molar-refractivity contribution in [3.05, 3.63) is 48.1 Å². The summed E-state index contributed by atoms with van der Waals surface area (Å²) in [5.41, 5.74) is 0.274. The van der Waals surface area contributed by atoms with E-state index in [4.69, 9.17) is 0 Å². The van der Waals surface area contributed by atoms with Crippen LogP contribution >= 0.6 is 0 Å². The second kappa shape index (κ2) is 3.91. The zero-order chi connectivity index (χ0) is 10.8. The van der Waals surface area contributed by atoms with E-state index in [2.05, 4.69) is 6.58 Å². The van der Waals surface area contributed by atoms with Crippen LogP contribution in [0.3, 0.4) is 0 Å². The summed E-state index contributed by atoms with van der Waals surface area (Å²) in [5, 5.41) is 0. The van der Waals surface area contributed by atoms with Crippen LogP contribution in [0.5, 0.6) is 0 Å². The van der Waals surface area contributed by atoms with Crippen LogP contribution in [-0.4, -0.2) is 0 Å². The van der Waals surface area contributed by atoms with Gasteiger partial charge in [-0.05, 0) is 24.1 Å². The maximum absolute atomic E-state index is 13.0. The molecule has 0 amide bonds. The van der Waals surface area contributed by atoms with E-state index >= 15 is 0 Å². The van der Waals surface area contributed by atoms with E-state index in [0.29, 0.717) is 5.56 Å². The summed E-state index contributed by atoms with van der Waals surface area (Å²) in [6.07, 6.45) is 2.49. The molecule has 2 heteroatoms. The molecule has 1 aromatic rings. The van der Waals surface area contributed by atoms with Gasteiger partial charge in [0.1, 0.15) is 11.6 Å². The van der Waals surface area contributed by atoms with Crippen molar-refractivity contribution in [3.63, 3.8) is 0 Å². The van der Waals surface area contributed by atoms with Crippen LogP contribution in [0.4, 0.5) is 8.78 Å². The first-order valence-corrected chi connectivity index (χ1v) is 4.62. The first-order valence-electron chi connectivity index (χ1n) is 4.62. The van der Waals surface area contributed by atoms with Gasteiger partial charge in [-0.25, -0.2) is 8.78 Å². The molecule has 0 heterocycles. The molecule has 0 N–H and O–H groups in total. The Hall–Kier alpha value is -1.18. The largest absolute Gasteiger partial charge is 0.207 e. The van der Waals surface area contributed by atoms with Crippen LogP contribution in [-0.2, 0) is 5.41 Å². The molecule has 0 fully saturated rings. The van der Waals surface area contributed by atoms with E-state index in [1.165, 1.54) is 12.1 Å². The van der Waals surface area contributed by atoms with Gasteiger partial charge in [-0.15, -0.1) is 6.58 Å². The average molecular weight is 196 g/mol. The third-order valence-corrected chi connectivity index (χ3v) is 2.71. The molecule has 76 valence electrons. The molecule has 0 bridgehead atoms. The zero-order valence-corrected chi connectivity index (χ0v) is 8.48. The summed E-state index contributed by atoms with van der Waals surface area (Å²) in [6, 6.07) is 3.59. The monoisotopic (exact) mass is 196 g/mol. The van der Waals surface area contributed by atoms with Crippen LogP contribution < -0.4 is 0 Å². The molecule has 0 aliphatic rings. The van der Waals surface area contributed by atoms with Crippen molar-refractivity contribution in [2.24, 2.45) is 0 Å². The highest BCUT2D eigenvalue weighted by molar-refractivity contribution is 5.30. The van der Waals surface area contributed by atoms with Crippen molar-refractivity contribution in [3.8, 4) is 0 Å². The molecule has 0 saturated carbocycles. The van der Waals surface area contributed by atoms with Gasteiger partial charge in [-0.3, -0.25) is 0 Å². The van der Waals surface area contributed by atoms with Gasteiger partial charge in [-0.1, -0.05) is 19.9 Å². The topological polar surface area (TPSA) is 0 Å². The minimum absolute atomic E-state index is 0.358. The van der Waals surface area contributed by atoms with Gasteiger partial charge in [0.2, 0.25) is 0 Å². The smallest absolute Gasteiger partial charge is 0.126 e. The van der Waals surface area contributed by atoms with Crippen molar-refractivity contribution >= 4 is 0 Å². The normalized spacial score (nSPS) is 14.9. The van der Waals surface area contributed by atoms with Gasteiger partial charge in [0.05, 0.1) is 0 Å². The minimum atomic E-state index is -0.540. The quantitative estimate of drug-likeness (QED) is 0.645. The second-order valence-electron chi connectivity index (χ2n) is 3.63. The molecule has 0 unspecified atom stereocenters. The molecule has 14 heavy (non-hydrogen) atoms. The van der Waals surface area contributed by atoms with E-state index in [-0.39, 0.29) is 5.41 Å². The van der Waals surface area contributed by atoms with Crippen molar-refractivity contribution in [2.45, 2.75) is 25.7 Å². The Balaban J connectivity index is 3.23. The molecular weight excluding hydrogens is 182 g/mol. The summed E-state index contributed by atoms with van der Waals surface area (Å²) in [5.74, 6) is -1.08. The summed E-state index contributed by atoms with van der Waals surface area (Å²) < 4.78 is 25.9. The lowest BCUT2D eigenvalue weighted by molar-refractivity contribution is 0.539. The molecule has 0 saturated heterocycles.